The fourth-order valence-corrected chi connectivity index (χ4v) is 4.85. The number of carbonyl (C=O) groups excluding carboxylic acids is 2. The van der Waals surface area contributed by atoms with Crippen molar-refractivity contribution in [2.45, 2.75) is 45.6 Å². The average molecular weight is 402 g/mol. The van der Waals surface area contributed by atoms with Crippen LogP contribution in [-0.2, 0) is 4.79 Å². The number of piperazine rings is 1. The summed E-state index contributed by atoms with van der Waals surface area (Å²) in [6.45, 7) is 8.39. The van der Waals surface area contributed by atoms with Crippen molar-refractivity contribution in [2.24, 2.45) is 5.92 Å². The molecule has 1 atom stereocenters. The molecule has 29 heavy (non-hydrogen) atoms. The van der Waals surface area contributed by atoms with Crippen LogP contribution in [-0.4, -0.2) is 78.9 Å². The minimum atomic E-state index is -0.0408. The number of benzene rings is 1. The summed E-state index contributed by atoms with van der Waals surface area (Å²) in [5, 5.41) is 0. The fraction of sp³-hybridized carbons (Fsp3) is 0.652. The number of para-hydroxylation sites is 1. The first-order valence-electron chi connectivity index (χ1n) is 11.1. The van der Waals surface area contributed by atoms with E-state index in [0.717, 1.165) is 39.0 Å². The maximum atomic E-state index is 13.3. The molecule has 1 aliphatic heterocycles. The molecule has 2 fully saturated rings. The second-order valence-corrected chi connectivity index (χ2v) is 8.03. The topological polar surface area (TPSA) is 53.1 Å². The highest BCUT2D eigenvalue weighted by Gasteiger charge is 2.39. The van der Waals surface area contributed by atoms with Crippen LogP contribution in [0.15, 0.2) is 24.3 Å². The van der Waals surface area contributed by atoms with Crippen molar-refractivity contribution in [3.05, 3.63) is 29.8 Å². The number of nitrogens with zero attached hydrogens (tertiary/aromatic N) is 3. The van der Waals surface area contributed by atoms with Gasteiger partial charge in [0, 0.05) is 39.3 Å². The third-order valence-electron chi connectivity index (χ3n) is 6.51. The number of ether oxygens (including phenoxy) is 1. The Labute approximate surface area is 174 Å². The van der Waals surface area contributed by atoms with Gasteiger partial charge in [0.05, 0.1) is 18.7 Å². The van der Waals surface area contributed by atoms with Crippen LogP contribution < -0.4 is 4.74 Å². The van der Waals surface area contributed by atoms with Gasteiger partial charge in [0.2, 0.25) is 5.91 Å². The zero-order chi connectivity index (χ0) is 20.8. The van der Waals surface area contributed by atoms with Gasteiger partial charge < -0.3 is 14.5 Å². The van der Waals surface area contributed by atoms with Crippen molar-refractivity contribution in [3.8, 4) is 5.75 Å². The molecule has 0 spiro atoms. The zero-order valence-corrected chi connectivity index (χ0v) is 18.1. The van der Waals surface area contributed by atoms with E-state index in [-0.39, 0.29) is 17.9 Å². The van der Waals surface area contributed by atoms with E-state index in [1.54, 1.807) is 7.11 Å². The van der Waals surface area contributed by atoms with Crippen LogP contribution in [0.5, 0.6) is 5.75 Å². The smallest absolute Gasteiger partial charge is 0.257 e. The molecule has 0 bridgehead atoms. The number of hydrogen-bond acceptors (Lipinski definition) is 4. The van der Waals surface area contributed by atoms with Crippen LogP contribution in [0.4, 0.5) is 0 Å². The molecule has 2 aliphatic rings. The van der Waals surface area contributed by atoms with Crippen molar-refractivity contribution in [3.63, 3.8) is 0 Å². The van der Waals surface area contributed by atoms with Gasteiger partial charge in [-0.3, -0.25) is 14.5 Å². The largest absolute Gasteiger partial charge is 0.496 e. The highest BCUT2D eigenvalue weighted by Crippen LogP contribution is 2.32. The lowest BCUT2D eigenvalue weighted by atomic mass is 9.94. The Kier molecular flexibility index (Phi) is 7.53. The molecule has 0 unspecified atom stereocenters. The van der Waals surface area contributed by atoms with Crippen LogP contribution in [0.1, 0.15) is 49.9 Å². The molecule has 0 N–H and O–H groups in total. The van der Waals surface area contributed by atoms with Gasteiger partial charge in [-0.1, -0.05) is 25.0 Å². The molecule has 1 aromatic rings. The van der Waals surface area contributed by atoms with Crippen molar-refractivity contribution in [1.29, 1.82) is 0 Å². The molecule has 1 saturated heterocycles. The Morgan fingerprint density at radius 3 is 2.28 bits per heavy atom. The highest BCUT2D eigenvalue weighted by molar-refractivity contribution is 5.97. The van der Waals surface area contributed by atoms with Gasteiger partial charge in [-0.25, -0.2) is 0 Å². The molecule has 1 aromatic carbocycles. The van der Waals surface area contributed by atoms with Gasteiger partial charge >= 0.3 is 0 Å². The Morgan fingerprint density at radius 1 is 1.07 bits per heavy atom. The monoisotopic (exact) mass is 401 g/mol. The van der Waals surface area contributed by atoms with E-state index >= 15 is 0 Å². The number of rotatable bonds is 7. The van der Waals surface area contributed by atoms with E-state index in [9.17, 15) is 9.59 Å². The summed E-state index contributed by atoms with van der Waals surface area (Å²) in [7, 11) is 1.59. The third kappa shape index (κ3) is 4.74. The lowest BCUT2D eigenvalue weighted by Crippen LogP contribution is -2.58. The summed E-state index contributed by atoms with van der Waals surface area (Å²) in [4.78, 5) is 32.5. The molecule has 2 amide bonds. The second kappa shape index (κ2) is 10.1. The summed E-state index contributed by atoms with van der Waals surface area (Å²) < 4.78 is 5.36. The molecule has 1 saturated carbocycles. The minimum absolute atomic E-state index is 0.00888. The zero-order valence-electron chi connectivity index (χ0n) is 18.1. The Hall–Kier alpha value is -2.08. The van der Waals surface area contributed by atoms with Crippen molar-refractivity contribution in [2.75, 3.05) is 46.4 Å². The lowest BCUT2D eigenvalue weighted by molar-refractivity contribution is -0.139. The van der Waals surface area contributed by atoms with E-state index in [2.05, 4.69) is 18.7 Å². The van der Waals surface area contributed by atoms with Crippen LogP contribution in [0.25, 0.3) is 0 Å². The quantitative estimate of drug-likeness (QED) is 0.705. The first-order chi connectivity index (χ1) is 14.1. The maximum absolute atomic E-state index is 13.3. The van der Waals surface area contributed by atoms with Gasteiger partial charge in [0.1, 0.15) is 5.75 Å². The number of likely N-dealkylation sites (N-methyl/N-ethyl adjacent to an activating group) is 1. The number of hydrogen-bond donors (Lipinski definition) is 0. The van der Waals surface area contributed by atoms with Crippen LogP contribution in [0.3, 0.4) is 0 Å². The summed E-state index contributed by atoms with van der Waals surface area (Å²) in [6, 6.07) is 7.34. The SMILES string of the molecule is CCN(CC)C(=O)[C@@H](C1CCCC1)N1CCN(C(=O)c2ccccc2OC)CC1. The number of methoxy groups -OCH3 is 1. The average Bonchev–Trinajstić information content (AvgIpc) is 3.29. The molecule has 0 aromatic heterocycles. The lowest BCUT2D eigenvalue weighted by Gasteiger charge is -2.42. The first-order valence-corrected chi connectivity index (χ1v) is 11.1. The fourth-order valence-electron chi connectivity index (χ4n) is 4.85. The Balaban J connectivity index is 1.69. The first kappa shape index (κ1) is 21.6. The third-order valence-corrected chi connectivity index (χ3v) is 6.51. The van der Waals surface area contributed by atoms with E-state index in [1.807, 2.05) is 34.1 Å². The summed E-state index contributed by atoms with van der Waals surface area (Å²) >= 11 is 0. The van der Waals surface area contributed by atoms with E-state index in [4.69, 9.17) is 4.74 Å². The molecule has 1 heterocycles. The number of amides is 2. The Morgan fingerprint density at radius 2 is 1.69 bits per heavy atom. The standard InChI is InChI=1S/C23H35N3O3/c1-4-24(5-2)23(28)21(18-10-6-7-11-18)25-14-16-26(17-15-25)22(27)19-12-8-9-13-20(19)29-3/h8-9,12-13,18,21H,4-7,10-11,14-17H2,1-3H3/t21-/m1/s1. The van der Waals surface area contributed by atoms with E-state index in [1.165, 1.54) is 12.8 Å². The number of carbonyl (C=O) groups is 2. The molecule has 6 nitrogen and oxygen atoms in total. The molecule has 1 aliphatic carbocycles. The second-order valence-electron chi connectivity index (χ2n) is 8.03. The predicted molar refractivity (Wildman–Crippen MR) is 114 cm³/mol. The Bertz CT molecular complexity index is 690. The predicted octanol–water partition coefficient (Wildman–Crippen LogP) is 2.88. The normalized spacial score (nSPS) is 19.2. The molecule has 0 radical (unpaired) electrons. The van der Waals surface area contributed by atoms with Crippen molar-refractivity contribution in [1.82, 2.24) is 14.7 Å². The van der Waals surface area contributed by atoms with Crippen molar-refractivity contribution < 1.29 is 14.3 Å². The molecule has 160 valence electrons. The van der Waals surface area contributed by atoms with E-state index < -0.39 is 0 Å². The summed E-state index contributed by atoms with van der Waals surface area (Å²) in [5.74, 6) is 1.33. The highest BCUT2D eigenvalue weighted by atomic mass is 16.5. The molecule has 6 heteroatoms. The van der Waals surface area contributed by atoms with Crippen molar-refractivity contribution >= 4 is 11.8 Å². The van der Waals surface area contributed by atoms with Gasteiger partial charge in [-0.15, -0.1) is 0 Å². The van der Waals surface area contributed by atoms with Gasteiger partial charge in [0.25, 0.3) is 5.91 Å². The molecular weight excluding hydrogens is 366 g/mol. The van der Waals surface area contributed by atoms with Gasteiger partial charge in [-0.05, 0) is 44.7 Å². The summed E-state index contributed by atoms with van der Waals surface area (Å²) in [5.41, 5.74) is 0.606. The minimum Gasteiger partial charge on any atom is -0.496 e. The van der Waals surface area contributed by atoms with E-state index in [0.29, 0.717) is 30.3 Å². The van der Waals surface area contributed by atoms with Gasteiger partial charge in [-0.2, -0.15) is 0 Å². The maximum Gasteiger partial charge on any atom is 0.257 e. The van der Waals surface area contributed by atoms with Gasteiger partial charge in [0.15, 0.2) is 0 Å². The van der Waals surface area contributed by atoms with Crippen LogP contribution in [0, 0.1) is 5.92 Å². The van der Waals surface area contributed by atoms with Crippen LogP contribution >= 0.6 is 0 Å². The van der Waals surface area contributed by atoms with Crippen LogP contribution in [0.2, 0.25) is 0 Å². The summed E-state index contributed by atoms with van der Waals surface area (Å²) in [6.07, 6.45) is 4.72. The molecular formula is C23H35N3O3. The molecule has 3 rings (SSSR count).